The van der Waals surface area contributed by atoms with Gasteiger partial charge in [0, 0.05) is 24.9 Å². The van der Waals surface area contributed by atoms with E-state index >= 15 is 0 Å². The first-order chi connectivity index (χ1) is 6.68. The minimum absolute atomic E-state index is 0.0210. The minimum Gasteiger partial charge on any atom is -0.465 e. The van der Waals surface area contributed by atoms with Crippen molar-refractivity contribution in [2.24, 2.45) is 11.8 Å². The van der Waals surface area contributed by atoms with Crippen molar-refractivity contribution in [3.05, 3.63) is 0 Å². The Morgan fingerprint density at radius 3 is 2.14 bits per heavy atom. The topological polar surface area (TPSA) is 57.6 Å². The number of carbonyl (C=O) groups excluding carboxylic acids is 1. The largest absolute Gasteiger partial charge is 0.465 e. The number of nitrogens with zero attached hydrogens (tertiary/aromatic N) is 1. The van der Waals surface area contributed by atoms with Crippen LogP contribution in [-0.2, 0) is 4.79 Å². The van der Waals surface area contributed by atoms with E-state index in [4.69, 9.17) is 5.11 Å². The number of rotatable bonds is 0. The molecule has 1 aliphatic heterocycles. The van der Waals surface area contributed by atoms with Crippen molar-refractivity contribution in [3.63, 3.8) is 0 Å². The second-order valence-corrected chi connectivity index (χ2v) is 4.27. The van der Waals surface area contributed by atoms with Crippen LogP contribution in [-0.4, -0.2) is 35.0 Å². The molecular formula is C10H15NO3. The van der Waals surface area contributed by atoms with Crippen LogP contribution in [0.15, 0.2) is 0 Å². The first-order valence-electron chi connectivity index (χ1n) is 5.20. The lowest BCUT2D eigenvalue weighted by Gasteiger charge is -2.33. The fourth-order valence-electron chi connectivity index (χ4n) is 2.52. The van der Waals surface area contributed by atoms with E-state index in [1.807, 2.05) is 0 Å². The van der Waals surface area contributed by atoms with E-state index in [2.05, 4.69) is 0 Å². The fourth-order valence-corrected chi connectivity index (χ4v) is 2.52. The highest BCUT2D eigenvalue weighted by molar-refractivity contribution is 5.86. The molecule has 1 amide bonds. The van der Waals surface area contributed by atoms with Gasteiger partial charge in [0.15, 0.2) is 0 Å². The van der Waals surface area contributed by atoms with E-state index in [1.165, 1.54) is 4.90 Å². The Balaban J connectivity index is 2.14. The minimum atomic E-state index is -0.880. The molecule has 0 aromatic heterocycles. The Morgan fingerprint density at radius 1 is 1.21 bits per heavy atom. The van der Waals surface area contributed by atoms with Crippen LogP contribution < -0.4 is 0 Å². The third-order valence-corrected chi connectivity index (χ3v) is 3.31. The summed E-state index contributed by atoms with van der Waals surface area (Å²) in [7, 11) is 0. The maximum Gasteiger partial charge on any atom is 0.407 e. The van der Waals surface area contributed by atoms with E-state index in [1.54, 1.807) is 0 Å². The lowest BCUT2D eigenvalue weighted by atomic mass is 9.87. The molecule has 14 heavy (non-hydrogen) atoms. The molecule has 1 aliphatic carbocycles. The number of ketones is 1. The molecule has 0 aromatic carbocycles. The van der Waals surface area contributed by atoms with Gasteiger partial charge in [0.1, 0.15) is 5.78 Å². The fraction of sp³-hybridized carbons (Fsp3) is 0.800. The molecule has 2 aliphatic rings. The number of likely N-dealkylation sites (tertiary alicyclic amines) is 1. The zero-order chi connectivity index (χ0) is 10.1. The van der Waals surface area contributed by atoms with Crippen molar-refractivity contribution < 1.29 is 14.7 Å². The molecule has 1 heterocycles. The summed E-state index contributed by atoms with van der Waals surface area (Å²) in [4.78, 5) is 24.0. The van der Waals surface area contributed by atoms with E-state index in [9.17, 15) is 9.59 Å². The maximum atomic E-state index is 11.8. The molecule has 0 spiro atoms. The molecule has 1 saturated carbocycles. The van der Waals surface area contributed by atoms with Crippen molar-refractivity contribution in [3.8, 4) is 0 Å². The zero-order valence-corrected chi connectivity index (χ0v) is 8.11. The van der Waals surface area contributed by atoms with Gasteiger partial charge in [-0.3, -0.25) is 4.79 Å². The Morgan fingerprint density at radius 2 is 1.71 bits per heavy atom. The highest BCUT2D eigenvalue weighted by atomic mass is 16.4. The number of piperidine rings is 1. The summed E-state index contributed by atoms with van der Waals surface area (Å²) in [5.41, 5.74) is 0. The van der Waals surface area contributed by atoms with E-state index < -0.39 is 6.09 Å². The monoisotopic (exact) mass is 197 g/mol. The van der Waals surface area contributed by atoms with Gasteiger partial charge in [0.05, 0.1) is 0 Å². The second kappa shape index (κ2) is 3.59. The van der Waals surface area contributed by atoms with Gasteiger partial charge in [-0.1, -0.05) is 12.8 Å². The quantitative estimate of drug-likeness (QED) is 0.637. The van der Waals surface area contributed by atoms with Gasteiger partial charge in [-0.2, -0.15) is 0 Å². The predicted octanol–water partition coefficient (Wildman–Crippen LogP) is 1.36. The Hall–Kier alpha value is -1.06. The number of hydrogen-bond acceptors (Lipinski definition) is 2. The third kappa shape index (κ3) is 1.61. The molecule has 2 atom stereocenters. The second-order valence-electron chi connectivity index (χ2n) is 4.27. The van der Waals surface area contributed by atoms with Crippen LogP contribution in [0.3, 0.4) is 0 Å². The SMILES string of the molecule is O=C1C2CCCCC1CN(C(=O)O)C2. The molecule has 2 fully saturated rings. The molecule has 78 valence electrons. The summed E-state index contributed by atoms with van der Waals surface area (Å²) < 4.78 is 0. The number of Topliss-reactive ketones (excluding diaryl/α,β-unsaturated/α-hetero) is 1. The summed E-state index contributed by atoms with van der Waals surface area (Å²) in [5.74, 6) is 0.264. The third-order valence-electron chi connectivity index (χ3n) is 3.31. The predicted molar refractivity (Wildman–Crippen MR) is 50.1 cm³/mol. The van der Waals surface area contributed by atoms with Gasteiger partial charge in [-0.15, -0.1) is 0 Å². The van der Waals surface area contributed by atoms with Crippen LogP contribution in [0.2, 0.25) is 0 Å². The van der Waals surface area contributed by atoms with Crippen LogP contribution in [0.25, 0.3) is 0 Å². The van der Waals surface area contributed by atoms with Crippen LogP contribution >= 0.6 is 0 Å². The highest BCUT2D eigenvalue weighted by Crippen LogP contribution is 2.30. The van der Waals surface area contributed by atoms with E-state index in [0.717, 1.165) is 25.7 Å². The normalized spacial score (nSPS) is 32.6. The first-order valence-corrected chi connectivity index (χ1v) is 5.20. The van der Waals surface area contributed by atoms with Gasteiger partial charge in [0.25, 0.3) is 0 Å². The number of carboxylic acid groups (broad SMARTS) is 1. The molecule has 0 radical (unpaired) electrons. The average Bonchev–Trinajstić information content (AvgIpc) is 2.28. The van der Waals surface area contributed by atoms with Crippen LogP contribution in [0, 0.1) is 11.8 Å². The van der Waals surface area contributed by atoms with Gasteiger partial charge in [-0.25, -0.2) is 4.79 Å². The number of amides is 1. The molecule has 2 bridgehead atoms. The first kappa shape index (κ1) is 9.49. The number of fused-ring (bicyclic) bond motifs is 2. The molecule has 0 aromatic rings. The van der Waals surface area contributed by atoms with Crippen molar-refractivity contribution in [2.45, 2.75) is 25.7 Å². The van der Waals surface area contributed by atoms with Crippen molar-refractivity contribution in [1.82, 2.24) is 4.90 Å². The standard InChI is InChI=1S/C10H15NO3/c12-9-7-3-1-2-4-8(9)6-11(5-7)10(13)14/h7-8H,1-6H2,(H,13,14). The van der Waals surface area contributed by atoms with Crippen LogP contribution in [0.4, 0.5) is 4.79 Å². The van der Waals surface area contributed by atoms with E-state index in [-0.39, 0.29) is 11.8 Å². The lowest BCUT2D eigenvalue weighted by molar-refractivity contribution is -0.130. The lowest BCUT2D eigenvalue weighted by Crippen LogP contribution is -2.48. The summed E-state index contributed by atoms with van der Waals surface area (Å²) in [6.07, 6.45) is 3.01. The Labute approximate surface area is 82.9 Å². The molecule has 2 unspecified atom stereocenters. The highest BCUT2D eigenvalue weighted by Gasteiger charge is 2.37. The van der Waals surface area contributed by atoms with Gasteiger partial charge in [-0.05, 0) is 12.8 Å². The molecule has 1 saturated heterocycles. The van der Waals surface area contributed by atoms with Gasteiger partial charge in [0.2, 0.25) is 0 Å². The molecule has 4 heteroatoms. The van der Waals surface area contributed by atoms with Crippen molar-refractivity contribution in [1.29, 1.82) is 0 Å². The molecule has 4 nitrogen and oxygen atoms in total. The number of hydrogen-bond donors (Lipinski definition) is 1. The summed E-state index contributed by atoms with van der Waals surface area (Å²) in [5, 5.41) is 8.89. The van der Waals surface area contributed by atoms with Gasteiger partial charge < -0.3 is 10.0 Å². The maximum absolute atomic E-state index is 11.8. The summed E-state index contributed by atoms with van der Waals surface area (Å²) >= 11 is 0. The van der Waals surface area contributed by atoms with Crippen molar-refractivity contribution in [2.75, 3.05) is 13.1 Å². The molecule has 2 rings (SSSR count). The molecular weight excluding hydrogens is 182 g/mol. The number of carbonyl (C=O) groups is 2. The van der Waals surface area contributed by atoms with Crippen LogP contribution in [0.5, 0.6) is 0 Å². The Bertz CT molecular complexity index is 246. The van der Waals surface area contributed by atoms with Crippen molar-refractivity contribution >= 4 is 11.9 Å². The molecule has 1 N–H and O–H groups in total. The van der Waals surface area contributed by atoms with Gasteiger partial charge >= 0.3 is 6.09 Å². The smallest absolute Gasteiger partial charge is 0.407 e. The summed E-state index contributed by atoms with van der Waals surface area (Å²) in [6.45, 7) is 0.843. The zero-order valence-electron chi connectivity index (χ0n) is 8.11. The summed E-state index contributed by atoms with van der Waals surface area (Å²) in [6, 6.07) is 0. The van der Waals surface area contributed by atoms with E-state index in [0.29, 0.717) is 18.9 Å². The Kier molecular flexibility index (Phi) is 2.44. The van der Waals surface area contributed by atoms with Crippen LogP contribution in [0.1, 0.15) is 25.7 Å². The average molecular weight is 197 g/mol.